The Bertz CT molecular complexity index is 612. The molecule has 1 unspecified atom stereocenters. The summed E-state index contributed by atoms with van der Waals surface area (Å²) < 4.78 is 0. The molecule has 2 rings (SSSR count). The van der Waals surface area contributed by atoms with E-state index in [1.165, 1.54) is 0 Å². The Morgan fingerprint density at radius 2 is 1.90 bits per heavy atom. The maximum Gasteiger partial charge on any atom is 0.133 e. The van der Waals surface area contributed by atoms with Crippen molar-refractivity contribution in [3.05, 3.63) is 57.1 Å². The average molecular weight is 310 g/mol. The first kappa shape index (κ1) is 15.2. The van der Waals surface area contributed by atoms with Crippen LogP contribution in [-0.2, 0) is 12.8 Å². The summed E-state index contributed by atoms with van der Waals surface area (Å²) >= 11 is 11.9. The van der Waals surface area contributed by atoms with Crippen LogP contribution < -0.4 is 5.73 Å². The Morgan fingerprint density at radius 3 is 2.55 bits per heavy atom. The van der Waals surface area contributed by atoms with E-state index in [0.717, 1.165) is 29.2 Å². The van der Waals surface area contributed by atoms with Crippen molar-refractivity contribution in [2.24, 2.45) is 5.73 Å². The number of benzene rings is 1. The van der Waals surface area contributed by atoms with Crippen molar-refractivity contribution in [1.82, 2.24) is 9.97 Å². The number of hydrogen-bond donors (Lipinski definition) is 1. The standard InChI is InChI=1S/C15H17Cl2N3/c1-9(18)5-12-6-10(2)19-15(20-12)8-11-3-4-13(16)14(17)7-11/h3-4,6-7,9H,5,8,18H2,1-2H3. The van der Waals surface area contributed by atoms with Gasteiger partial charge in [0.15, 0.2) is 0 Å². The van der Waals surface area contributed by atoms with Crippen molar-refractivity contribution in [3.8, 4) is 0 Å². The van der Waals surface area contributed by atoms with Crippen LogP contribution in [0.25, 0.3) is 0 Å². The van der Waals surface area contributed by atoms with Gasteiger partial charge in [-0.1, -0.05) is 29.3 Å². The number of hydrogen-bond acceptors (Lipinski definition) is 3. The number of halogens is 2. The molecule has 20 heavy (non-hydrogen) atoms. The maximum absolute atomic E-state index is 6.02. The molecule has 1 aromatic heterocycles. The highest BCUT2D eigenvalue weighted by atomic mass is 35.5. The fraction of sp³-hybridized carbons (Fsp3) is 0.333. The van der Waals surface area contributed by atoms with Gasteiger partial charge in [0.1, 0.15) is 5.82 Å². The Kier molecular flexibility index (Phi) is 4.97. The van der Waals surface area contributed by atoms with E-state index >= 15 is 0 Å². The average Bonchev–Trinajstić information content (AvgIpc) is 2.32. The molecule has 3 nitrogen and oxygen atoms in total. The van der Waals surface area contributed by atoms with Gasteiger partial charge in [-0.05, 0) is 37.6 Å². The largest absolute Gasteiger partial charge is 0.328 e. The molecule has 0 amide bonds. The molecule has 5 heteroatoms. The molecule has 2 aromatic rings. The monoisotopic (exact) mass is 309 g/mol. The first-order valence-corrected chi connectivity index (χ1v) is 7.22. The molecule has 0 aliphatic heterocycles. The lowest BCUT2D eigenvalue weighted by Gasteiger charge is -2.08. The maximum atomic E-state index is 6.02. The molecule has 0 saturated carbocycles. The number of aryl methyl sites for hydroxylation is 1. The third-order valence-electron chi connectivity index (χ3n) is 2.83. The van der Waals surface area contributed by atoms with E-state index in [4.69, 9.17) is 28.9 Å². The zero-order valence-electron chi connectivity index (χ0n) is 11.5. The second-order valence-corrected chi connectivity index (χ2v) is 5.84. The predicted octanol–water partition coefficient (Wildman–Crippen LogP) is 3.57. The first-order chi connectivity index (χ1) is 9.44. The summed E-state index contributed by atoms with van der Waals surface area (Å²) in [6, 6.07) is 7.63. The molecule has 0 aliphatic carbocycles. The van der Waals surface area contributed by atoms with Gasteiger partial charge < -0.3 is 5.73 Å². The van der Waals surface area contributed by atoms with E-state index in [0.29, 0.717) is 16.5 Å². The topological polar surface area (TPSA) is 51.8 Å². The molecule has 1 aromatic carbocycles. The predicted molar refractivity (Wildman–Crippen MR) is 83.4 cm³/mol. The van der Waals surface area contributed by atoms with Crippen molar-refractivity contribution in [1.29, 1.82) is 0 Å². The molecule has 0 saturated heterocycles. The van der Waals surface area contributed by atoms with Crippen molar-refractivity contribution >= 4 is 23.2 Å². The third-order valence-corrected chi connectivity index (χ3v) is 3.57. The molecule has 0 aliphatic rings. The summed E-state index contributed by atoms with van der Waals surface area (Å²) in [7, 11) is 0. The van der Waals surface area contributed by atoms with Crippen LogP contribution in [0.5, 0.6) is 0 Å². The smallest absolute Gasteiger partial charge is 0.133 e. The van der Waals surface area contributed by atoms with Crippen LogP contribution in [0.15, 0.2) is 24.3 Å². The fourth-order valence-corrected chi connectivity index (χ4v) is 2.37. The van der Waals surface area contributed by atoms with Crippen LogP contribution >= 0.6 is 23.2 Å². The van der Waals surface area contributed by atoms with E-state index < -0.39 is 0 Å². The zero-order valence-corrected chi connectivity index (χ0v) is 13.0. The van der Waals surface area contributed by atoms with Crippen LogP contribution in [0.2, 0.25) is 10.0 Å². The molecular weight excluding hydrogens is 293 g/mol. The Labute approximate surface area is 129 Å². The number of rotatable bonds is 4. The van der Waals surface area contributed by atoms with Crippen molar-refractivity contribution in [3.63, 3.8) is 0 Å². The van der Waals surface area contributed by atoms with Gasteiger partial charge in [-0.15, -0.1) is 0 Å². The van der Waals surface area contributed by atoms with E-state index in [1.807, 2.05) is 32.0 Å². The summed E-state index contributed by atoms with van der Waals surface area (Å²) in [5.74, 6) is 0.777. The molecule has 106 valence electrons. The minimum Gasteiger partial charge on any atom is -0.328 e. The van der Waals surface area contributed by atoms with E-state index in [-0.39, 0.29) is 6.04 Å². The van der Waals surface area contributed by atoms with Crippen molar-refractivity contribution in [2.45, 2.75) is 32.7 Å². The second-order valence-electron chi connectivity index (χ2n) is 5.02. The minimum absolute atomic E-state index is 0.0853. The number of nitrogens with zero attached hydrogens (tertiary/aromatic N) is 2. The summed E-state index contributed by atoms with van der Waals surface area (Å²) in [6.45, 7) is 3.93. The van der Waals surface area contributed by atoms with Gasteiger partial charge in [-0.25, -0.2) is 9.97 Å². The van der Waals surface area contributed by atoms with Gasteiger partial charge in [0.2, 0.25) is 0 Å². The van der Waals surface area contributed by atoms with Crippen LogP contribution in [0.4, 0.5) is 0 Å². The first-order valence-electron chi connectivity index (χ1n) is 6.47. The Balaban J connectivity index is 2.24. The second kappa shape index (κ2) is 6.53. The number of aromatic nitrogens is 2. The normalized spacial score (nSPS) is 12.4. The Morgan fingerprint density at radius 1 is 1.15 bits per heavy atom. The molecule has 0 radical (unpaired) electrons. The molecule has 0 spiro atoms. The van der Waals surface area contributed by atoms with Gasteiger partial charge in [0.05, 0.1) is 10.0 Å². The molecular formula is C15H17Cl2N3. The van der Waals surface area contributed by atoms with Gasteiger partial charge in [-0.2, -0.15) is 0 Å². The summed E-state index contributed by atoms with van der Waals surface area (Å²) in [6.07, 6.45) is 1.38. The van der Waals surface area contributed by atoms with Gasteiger partial charge in [0, 0.05) is 30.3 Å². The molecule has 2 N–H and O–H groups in total. The van der Waals surface area contributed by atoms with Crippen molar-refractivity contribution < 1.29 is 0 Å². The van der Waals surface area contributed by atoms with Crippen molar-refractivity contribution in [2.75, 3.05) is 0 Å². The van der Waals surface area contributed by atoms with Gasteiger partial charge >= 0.3 is 0 Å². The van der Waals surface area contributed by atoms with Crippen LogP contribution in [0.3, 0.4) is 0 Å². The number of nitrogens with two attached hydrogens (primary N) is 1. The lowest BCUT2D eigenvalue weighted by Crippen LogP contribution is -2.19. The van der Waals surface area contributed by atoms with Gasteiger partial charge in [0.25, 0.3) is 0 Å². The van der Waals surface area contributed by atoms with Crippen LogP contribution in [0.1, 0.15) is 29.7 Å². The lowest BCUT2D eigenvalue weighted by molar-refractivity contribution is 0.711. The summed E-state index contributed by atoms with van der Waals surface area (Å²) in [4.78, 5) is 9.01. The lowest BCUT2D eigenvalue weighted by atomic mass is 10.1. The molecule has 1 atom stereocenters. The van der Waals surface area contributed by atoms with Gasteiger partial charge in [-0.3, -0.25) is 0 Å². The highest BCUT2D eigenvalue weighted by Crippen LogP contribution is 2.23. The minimum atomic E-state index is 0.0853. The van der Waals surface area contributed by atoms with Crippen LogP contribution in [-0.4, -0.2) is 16.0 Å². The summed E-state index contributed by atoms with van der Waals surface area (Å²) in [5, 5.41) is 1.10. The summed E-state index contributed by atoms with van der Waals surface area (Å²) in [5.41, 5.74) is 8.78. The van der Waals surface area contributed by atoms with Crippen LogP contribution in [0, 0.1) is 6.92 Å². The third kappa shape index (κ3) is 4.17. The SMILES string of the molecule is Cc1cc(CC(C)N)nc(Cc2ccc(Cl)c(Cl)c2)n1. The molecule has 0 bridgehead atoms. The highest BCUT2D eigenvalue weighted by Gasteiger charge is 2.07. The van der Waals surface area contributed by atoms with E-state index in [2.05, 4.69) is 9.97 Å². The highest BCUT2D eigenvalue weighted by molar-refractivity contribution is 6.42. The fourth-order valence-electron chi connectivity index (χ4n) is 2.05. The quantitative estimate of drug-likeness (QED) is 0.939. The van der Waals surface area contributed by atoms with E-state index in [9.17, 15) is 0 Å². The Hall–Kier alpha value is -1.16. The van der Waals surface area contributed by atoms with E-state index in [1.54, 1.807) is 6.07 Å². The zero-order chi connectivity index (χ0) is 14.7. The molecule has 0 fully saturated rings. The molecule has 1 heterocycles.